The van der Waals surface area contributed by atoms with Gasteiger partial charge < -0.3 is 10.8 Å². The van der Waals surface area contributed by atoms with Crippen molar-refractivity contribution in [3.05, 3.63) is 84.4 Å². The number of halogens is 1. The summed E-state index contributed by atoms with van der Waals surface area (Å²) < 4.78 is 0. The second-order valence-electron chi connectivity index (χ2n) is 5.76. The summed E-state index contributed by atoms with van der Waals surface area (Å²) in [4.78, 5) is 10.9. The molecule has 0 unspecified atom stereocenters. The number of nitrogens with two attached hydrogens (primary N) is 1. The second kappa shape index (κ2) is 8.47. The third kappa shape index (κ3) is 4.47. The van der Waals surface area contributed by atoms with Crippen molar-refractivity contribution in [1.29, 1.82) is 0 Å². The van der Waals surface area contributed by atoms with Gasteiger partial charge in [0.2, 0.25) is 0 Å². The van der Waals surface area contributed by atoms with Crippen LogP contribution in [0.4, 0.5) is 0 Å². The zero-order valence-corrected chi connectivity index (χ0v) is 14.4. The number of hydrogen-bond acceptors (Lipinski definition) is 2. The summed E-state index contributed by atoms with van der Waals surface area (Å²) in [6, 6.07) is 25.6. The molecular formula is C21H20ClNO2. The van der Waals surface area contributed by atoms with Crippen molar-refractivity contribution in [2.75, 3.05) is 0 Å². The quantitative estimate of drug-likeness (QED) is 0.714. The van der Waals surface area contributed by atoms with E-state index in [0.29, 0.717) is 6.42 Å². The van der Waals surface area contributed by atoms with Crippen molar-refractivity contribution in [2.24, 2.45) is 5.73 Å². The van der Waals surface area contributed by atoms with Crippen LogP contribution in [0, 0.1) is 0 Å². The molecule has 0 saturated carbocycles. The molecule has 0 aliphatic rings. The summed E-state index contributed by atoms with van der Waals surface area (Å²) in [5.41, 5.74) is 11.1. The maximum absolute atomic E-state index is 10.9. The first kappa shape index (κ1) is 18.7. The van der Waals surface area contributed by atoms with E-state index >= 15 is 0 Å². The van der Waals surface area contributed by atoms with E-state index in [4.69, 9.17) is 10.8 Å². The number of carbonyl (C=O) groups is 1. The highest BCUT2D eigenvalue weighted by Crippen LogP contribution is 2.31. The van der Waals surface area contributed by atoms with Crippen LogP contribution in [0.15, 0.2) is 78.9 Å². The summed E-state index contributed by atoms with van der Waals surface area (Å²) in [7, 11) is 0. The predicted octanol–water partition coefficient (Wildman–Crippen LogP) is 4.40. The maximum Gasteiger partial charge on any atom is 0.320 e. The lowest BCUT2D eigenvalue weighted by molar-refractivity contribution is -0.138. The molecule has 1 atom stereocenters. The molecule has 0 fully saturated rings. The molecule has 4 heteroatoms. The van der Waals surface area contributed by atoms with Crippen LogP contribution >= 0.6 is 12.4 Å². The molecule has 0 aliphatic heterocycles. The number of carboxylic acids is 1. The fourth-order valence-electron chi connectivity index (χ4n) is 2.77. The maximum atomic E-state index is 10.9. The molecule has 25 heavy (non-hydrogen) atoms. The van der Waals surface area contributed by atoms with E-state index in [1.807, 2.05) is 54.6 Å². The van der Waals surface area contributed by atoms with Gasteiger partial charge in [0.1, 0.15) is 6.04 Å². The molecule has 0 aromatic heterocycles. The van der Waals surface area contributed by atoms with Crippen LogP contribution < -0.4 is 5.73 Å². The SMILES string of the molecule is Cl.N[C@@H](Cc1ccc(-c2ccccc2-c2ccccc2)cc1)C(=O)O. The smallest absolute Gasteiger partial charge is 0.320 e. The van der Waals surface area contributed by atoms with Gasteiger partial charge in [0.05, 0.1) is 0 Å². The molecule has 3 aromatic rings. The number of benzene rings is 3. The van der Waals surface area contributed by atoms with Crippen LogP contribution in [0.25, 0.3) is 22.3 Å². The Morgan fingerprint density at radius 2 is 1.28 bits per heavy atom. The summed E-state index contributed by atoms with van der Waals surface area (Å²) >= 11 is 0. The van der Waals surface area contributed by atoms with E-state index in [9.17, 15) is 4.79 Å². The zero-order valence-electron chi connectivity index (χ0n) is 13.6. The lowest BCUT2D eigenvalue weighted by atomic mass is 9.93. The Bertz CT molecular complexity index is 832. The topological polar surface area (TPSA) is 63.3 Å². The van der Waals surface area contributed by atoms with Crippen LogP contribution in [-0.4, -0.2) is 17.1 Å². The van der Waals surface area contributed by atoms with Gasteiger partial charge in [0.15, 0.2) is 0 Å². The minimum atomic E-state index is -0.978. The van der Waals surface area contributed by atoms with Gasteiger partial charge in [-0.25, -0.2) is 0 Å². The Balaban J connectivity index is 0.00000225. The van der Waals surface area contributed by atoms with E-state index in [1.54, 1.807) is 0 Å². The standard InChI is InChI=1S/C21H19NO2.ClH/c22-20(21(23)24)14-15-10-12-17(13-11-15)19-9-5-4-8-18(19)16-6-2-1-3-7-16;/h1-13,20H,14,22H2,(H,23,24);1H/t20-;/m0./s1. The Morgan fingerprint density at radius 3 is 1.80 bits per heavy atom. The van der Waals surface area contributed by atoms with Gasteiger partial charge in [0.25, 0.3) is 0 Å². The Morgan fingerprint density at radius 1 is 0.800 bits per heavy atom. The molecule has 0 spiro atoms. The van der Waals surface area contributed by atoms with Crippen molar-refractivity contribution in [2.45, 2.75) is 12.5 Å². The van der Waals surface area contributed by atoms with Gasteiger partial charge in [-0.2, -0.15) is 0 Å². The zero-order chi connectivity index (χ0) is 16.9. The lowest BCUT2D eigenvalue weighted by Gasteiger charge is -2.11. The van der Waals surface area contributed by atoms with Crippen molar-refractivity contribution in [3.63, 3.8) is 0 Å². The average Bonchev–Trinajstić information content (AvgIpc) is 2.63. The molecule has 0 radical (unpaired) electrons. The summed E-state index contributed by atoms with van der Waals surface area (Å²) in [5.74, 6) is -0.978. The summed E-state index contributed by atoms with van der Waals surface area (Å²) in [6.45, 7) is 0. The first-order chi connectivity index (χ1) is 11.6. The number of hydrogen-bond donors (Lipinski definition) is 2. The molecule has 0 aliphatic carbocycles. The normalized spacial score (nSPS) is 11.4. The van der Waals surface area contributed by atoms with Crippen LogP contribution in [0.5, 0.6) is 0 Å². The van der Waals surface area contributed by atoms with Gasteiger partial charge in [-0.1, -0.05) is 78.9 Å². The second-order valence-corrected chi connectivity index (χ2v) is 5.76. The van der Waals surface area contributed by atoms with Crippen molar-refractivity contribution in [3.8, 4) is 22.3 Å². The summed E-state index contributed by atoms with van der Waals surface area (Å²) in [6.07, 6.45) is 0.329. The molecule has 0 heterocycles. The summed E-state index contributed by atoms with van der Waals surface area (Å²) in [5, 5.41) is 8.91. The minimum Gasteiger partial charge on any atom is -0.480 e. The van der Waals surface area contributed by atoms with Gasteiger partial charge in [-0.05, 0) is 34.2 Å². The highest BCUT2D eigenvalue weighted by Gasteiger charge is 2.12. The highest BCUT2D eigenvalue weighted by atomic mass is 35.5. The molecular weight excluding hydrogens is 334 g/mol. The monoisotopic (exact) mass is 353 g/mol. The molecule has 3 rings (SSSR count). The van der Waals surface area contributed by atoms with Crippen molar-refractivity contribution >= 4 is 18.4 Å². The van der Waals surface area contributed by atoms with Crippen LogP contribution in [0.3, 0.4) is 0 Å². The van der Waals surface area contributed by atoms with Crippen LogP contribution in [-0.2, 0) is 11.2 Å². The number of rotatable bonds is 5. The Labute approximate surface area is 153 Å². The van der Waals surface area contributed by atoms with Crippen LogP contribution in [0.2, 0.25) is 0 Å². The molecule has 0 bridgehead atoms. The third-order valence-corrected chi connectivity index (χ3v) is 4.05. The number of aliphatic carboxylic acids is 1. The van der Waals surface area contributed by atoms with E-state index in [0.717, 1.165) is 16.7 Å². The largest absolute Gasteiger partial charge is 0.480 e. The molecule has 3 nitrogen and oxygen atoms in total. The molecule has 0 saturated heterocycles. The van der Waals surface area contributed by atoms with E-state index < -0.39 is 12.0 Å². The fourth-order valence-corrected chi connectivity index (χ4v) is 2.77. The first-order valence-corrected chi connectivity index (χ1v) is 7.87. The van der Waals surface area contributed by atoms with E-state index in [2.05, 4.69) is 24.3 Å². The number of carboxylic acid groups (broad SMARTS) is 1. The first-order valence-electron chi connectivity index (χ1n) is 7.87. The van der Waals surface area contributed by atoms with E-state index in [-0.39, 0.29) is 12.4 Å². The Kier molecular flexibility index (Phi) is 6.34. The molecule has 3 N–H and O–H groups in total. The van der Waals surface area contributed by atoms with Crippen LogP contribution in [0.1, 0.15) is 5.56 Å². The Hall–Kier alpha value is -2.62. The van der Waals surface area contributed by atoms with Crippen molar-refractivity contribution < 1.29 is 9.90 Å². The van der Waals surface area contributed by atoms with Gasteiger partial charge in [-0.3, -0.25) is 4.79 Å². The van der Waals surface area contributed by atoms with E-state index in [1.165, 1.54) is 11.1 Å². The fraction of sp³-hybridized carbons (Fsp3) is 0.0952. The van der Waals surface area contributed by atoms with Gasteiger partial charge >= 0.3 is 5.97 Å². The van der Waals surface area contributed by atoms with Crippen molar-refractivity contribution in [1.82, 2.24) is 0 Å². The molecule has 0 amide bonds. The lowest BCUT2D eigenvalue weighted by Crippen LogP contribution is -2.32. The van der Waals surface area contributed by atoms with Gasteiger partial charge in [0, 0.05) is 0 Å². The molecule has 128 valence electrons. The minimum absolute atomic E-state index is 0. The molecule has 3 aromatic carbocycles. The average molecular weight is 354 g/mol. The predicted molar refractivity (Wildman–Crippen MR) is 104 cm³/mol. The third-order valence-electron chi connectivity index (χ3n) is 4.05. The highest BCUT2D eigenvalue weighted by molar-refractivity contribution is 5.85. The van der Waals surface area contributed by atoms with Gasteiger partial charge in [-0.15, -0.1) is 12.4 Å².